The molecular formula is C10H17F3O. The van der Waals surface area contributed by atoms with Crippen LogP contribution in [0.1, 0.15) is 39.0 Å². The van der Waals surface area contributed by atoms with Gasteiger partial charge in [0.25, 0.3) is 0 Å². The van der Waals surface area contributed by atoms with Crippen molar-refractivity contribution in [1.82, 2.24) is 0 Å². The molecule has 3 unspecified atom stereocenters. The van der Waals surface area contributed by atoms with Crippen LogP contribution in [-0.2, 0) is 0 Å². The molecule has 1 fully saturated rings. The molecule has 0 heterocycles. The first-order chi connectivity index (χ1) is 6.45. The van der Waals surface area contributed by atoms with Crippen molar-refractivity contribution in [3.05, 3.63) is 0 Å². The molecule has 1 aliphatic carbocycles. The van der Waals surface area contributed by atoms with Crippen LogP contribution in [0.15, 0.2) is 0 Å². The van der Waals surface area contributed by atoms with E-state index in [4.69, 9.17) is 5.11 Å². The molecule has 1 N–H and O–H groups in total. The summed E-state index contributed by atoms with van der Waals surface area (Å²) < 4.78 is 36.6. The summed E-state index contributed by atoms with van der Waals surface area (Å²) in [5.74, 6) is -0.209. The van der Waals surface area contributed by atoms with E-state index in [0.29, 0.717) is 18.8 Å². The second-order valence-corrected chi connectivity index (χ2v) is 4.19. The van der Waals surface area contributed by atoms with E-state index in [1.54, 1.807) is 0 Å². The molecule has 1 aliphatic rings. The molecule has 1 saturated carbocycles. The van der Waals surface area contributed by atoms with Crippen LogP contribution < -0.4 is 0 Å². The number of aliphatic hydroxyl groups is 1. The third-order valence-electron chi connectivity index (χ3n) is 3.18. The van der Waals surface area contributed by atoms with Gasteiger partial charge in [0, 0.05) is 0 Å². The molecule has 1 rings (SSSR count). The summed E-state index contributed by atoms with van der Waals surface area (Å²) in [6, 6.07) is 0. The molecule has 0 aromatic heterocycles. The number of hydrogen-bond donors (Lipinski definition) is 1. The Hall–Kier alpha value is -0.250. The quantitative estimate of drug-likeness (QED) is 0.742. The fourth-order valence-electron chi connectivity index (χ4n) is 2.26. The fourth-order valence-corrected chi connectivity index (χ4v) is 2.26. The van der Waals surface area contributed by atoms with Crippen LogP contribution in [0.4, 0.5) is 13.2 Å². The summed E-state index contributed by atoms with van der Waals surface area (Å²) >= 11 is 0. The van der Waals surface area contributed by atoms with Gasteiger partial charge in [-0.3, -0.25) is 0 Å². The summed E-state index contributed by atoms with van der Waals surface area (Å²) in [4.78, 5) is 0. The maximum absolute atomic E-state index is 12.2. The Bertz CT molecular complexity index is 179. The molecule has 14 heavy (non-hydrogen) atoms. The molecule has 84 valence electrons. The van der Waals surface area contributed by atoms with Crippen LogP contribution in [0.2, 0.25) is 0 Å². The Morgan fingerprint density at radius 1 is 1.36 bits per heavy atom. The predicted molar refractivity (Wildman–Crippen MR) is 47.8 cm³/mol. The van der Waals surface area contributed by atoms with Crippen molar-refractivity contribution < 1.29 is 18.3 Å². The zero-order valence-electron chi connectivity index (χ0n) is 8.35. The Labute approximate surface area is 82.3 Å². The average molecular weight is 210 g/mol. The zero-order valence-corrected chi connectivity index (χ0v) is 8.35. The molecule has 0 radical (unpaired) electrons. The second kappa shape index (κ2) is 4.51. The molecule has 0 amide bonds. The fraction of sp³-hybridized carbons (Fsp3) is 1.00. The molecule has 0 saturated heterocycles. The van der Waals surface area contributed by atoms with Crippen molar-refractivity contribution >= 4 is 0 Å². The normalized spacial score (nSPS) is 31.5. The van der Waals surface area contributed by atoms with Crippen LogP contribution >= 0.6 is 0 Å². The lowest BCUT2D eigenvalue weighted by Gasteiger charge is -2.32. The Morgan fingerprint density at radius 3 is 2.50 bits per heavy atom. The van der Waals surface area contributed by atoms with Crippen molar-refractivity contribution in [2.75, 3.05) is 0 Å². The van der Waals surface area contributed by atoms with E-state index in [1.165, 1.54) is 0 Å². The highest BCUT2D eigenvalue weighted by molar-refractivity contribution is 4.81. The van der Waals surface area contributed by atoms with Crippen LogP contribution in [0.5, 0.6) is 0 Å². The summed E-state index contributed by atoms with van der Waals surface area (Å²) in [5, 5.41) is 9.10. The predicted octanol–water partition coefficient (Wildman–Crippen LogP) is 3.13. The van der Waals surface area contributed by atoms with Gasteiger partial charge in [0.05, 0.1) is 0 Å². The summed E-state index contributed by atoms with van der Waals surface area (Å²) in [5.41, 5.74) is 0. The highest BCUT2D eigenvalue weighted by Crippen LogP contribution is 2.37. The number of aliphatic hydroxyl groups excluding tert-OH is 1. The van der Waals surface area contributed by atoms with Crippen LogP contribution in [0.25, 0.3) is 0 Å². The minimum Gasteiger partial charge on any atom is -0.383 e. The standard InChI is InChI=1S/C10H17F3O/c1-2-7-4-3-5-8(6-7)9(14)10(11,12)13/h7-9,14H,2-6H2,1H3. The van der Waals surface area contributed by atoms with Crippen LogP contribution in [0, 0.1) is 11.8 Å². The maximum atomic E-state index is 12.2. The number of hydrogen-bond acceptors (Lipinski definition) is 1. The van der Waals surface area contributed by atoms with Gasteiger partial charge < -0.3 is 5.11 Å². The SMILES string of the molecule is CCC1CCCC(C(O)C(F)(F)F)C1. The lowest BCUT2D eigenvalue weighted by Crippen LogP contribution is -2.38. The van der Waals surface area contributed by atoms with E-state index in [1.807, 2.05) is 6.92 Å². The minimum absolute atomic E-state index is 0.366. The lowest BCUT2D eigenvalue weighted by atomic mass is 9.77. The van der Waals surface area contributed by atoms with E-state index in [9.17, 15) is 13.2 Å². The Balaban J connectivity index is 2.51. The average Bonchev–Trinajstić information content (AvgIpc) is 2.15. The van der Waals surface area contributed by atoms with Crippen LogP contribution in [0.3, 0.4) is 0 Å². The molecule has 4 heteroatoms. The van der Waals surface area contributed by atoms with Gasteiger partial charge in [-0.2, -0.15) is 13.2 Å². The smallest absolute Gasteiger partial charge is 0.383 e. The van der Waals surface area contributed by atoms with Crippen molar-refractivity contribution in [2.24, 2.45) is 11.8 Å². The molecular weight excluding hydrogens is 193 g/mol. The lowest BCUT2D eigenvalue weighted by molar-refractivity contribution is -0.223. The van der Waals surface area contributed by atoms with Gasteiger partial charge in [-0.05, 0) is 24.7 Å². The van der Waals surface area contributed by atoms with Gasteiger partial charge in [0.1, 0.15) is 0 Å². The maximum Gasteiger partial charge on any atom is 0.414 e. The molecule has 1 nitrogen and oxygen atoms in total. The number of alkyl halides is 3. The third kappa shape index (κ3) is 2.87. The third-order valence-corrected chi connectivity index (χ3v) is 3.18. The molecule has 0 aliphatic heterocycles. The summed E-state index contributed by atoms with van der Waals surface area (Å²) in [6.45, 7) is 1.99. The first-order valence-electron chi connectivity index (χ1n) is 5.20. The topological polar surface area (TPSA) is 20.2 Å². The van der Waals surface area contributed by atoms with E-state index >= 15 is 0 Å². The molecule has 0 aromatic rings. The zero-order chi connectivity index (χ0) is 10.8. The minimum atomic E-state index is -4.44. The number of halogens is 3. The van der Waals surface area contributed by atoms with Gasteiger partial charge in [-0.25, -0.2) is 0 Å². The van der Waals surface area contributed by atoms with Gasteiger partial charge in [0.15, 0.2) is 6.10 Å². The largest absolute Gasteiger partial charge is 0.414 e. The van der Waals surface area contributed by atoms with Crippen molar-refractivity contribution in [2.45, 2.75) is 51.3 Å². The summed E-state index contributed by atoms with van der Waals surface area (Å²) in [6.07, 6.45) is -2.78. The van der Waals surface area contributed by atoms with Crippen molar-refractivity contribution in [3.63, 3.8) is 0 Å². The highest BCUT2D eigenvalue weighted by atomic mass is 19.4. The van der Waals surface area contributed by atoms with Gasteiger partial charge in [-0.15, -0.1) is 0 Å². The van der Waals surface area contributed by atoms with E-state index in [2.05, 4.69) is 0 Å². The first kappa shape index (κ1) is 11.8. The number of rotatable bonds is 2. The van der Waals surface area contributed by atoms with Gasteiger partial charge >= 0.3 is 6.18 Å². The second-order valence-electron chi connectivity index (χ2n) is 4.19. The molecule has 3 atom stereocenters. The monoisotopic (exact) mass is 210 g/mol. The van der Waals surface area contributed by atoms with Gasteiger partial charge in [0.2, 0.25) is 0 Å². The Morgan fingerprint density at radius 2 is 2.00 bits per heavy atom. The molecule has 0 aromatic carbocycles. The molecule has 0 bridgehead atoms. The first-order valence-corrected chi connectivity index (χ1v) is 5.20. The Kier molecular flexibility index (Phi) is 3.81. The van der Waals surface area contributed by atoms with Crippen LogP contribution in [-0.4, -0.2) is 17.4 Å². The van der Waals surface area contributed by atoms with E-state index in [-0.39, 0.29) is 0 Å². The van der Waals surface area contributed by atoms with E-state index in [0.717, 1.165) is 19.3 Å². The highest BCUT2D eigenvalue weighted by Gasteiger charge is 2.44. The van der Waals surface area contributed by atoms with Crippen molar-refractivity contribution in [3.8, 4) is 0 Å². The van der Waals surface area contributed by atoms with E-state index < -0.39 is 18.2 Å². The van der Waals surface area contributed by atoms with Gasteiger partial charge in [-0.1, -0.05) is 26.2 Å². The molecule has 0 spiro atoms. The van der Waals surface area contributed by atoms with Crippen molar-refractivity contribution in [1.29, 1.82) is 0 Å². The summed E-state index contributed by atoms with van der Waals surface area (Å²) in [7, 11) is 0.